The van der Waals surface area contributed by atoms with E-state index >= 15 is 0 Å². The molecule has 0 bridgehead atoms. The minimum atomic E-state index is 0.0347. The Morgan fingerprint density at radius 3 is 2.93 bits per heavy atom. The second-order valence-corrected chi connectivity index (χ2v) is 4.05. The van der Waals surface area contributed by atoms with Crippen molar-refractivity contribution in [2.45, 2.75) is 32.8 Å². The molecule has 0 spiro atoms. The van der Waals surface area contributed by atoms with Crippen LogP contribution in [0.3, 0.4) is 0 Å². The molecule has 1 amide bonds. The van der Waals surface area contributed by atoms with Crippen molar-refractivity contribution < 1.29 is 9.53 Å². The Morgan fingerprint density at radius 2 is 2.27 bits per heavy atom. The normalized spacial score (nSPS) is 25.5. The maximum absolute atomic E-state index is 10.6. The topological polar surface area (TPSA) is 50.4 Å². The number of hydrogen-bond acceptors (Lipinski definition) is 3. The number of nitrogens with one attached hydrogen (secondary N) is 2. The Kier molecular flexibility index (Phi) is 5.65. The Morgan fingerprint density at radius 1 is 1.47 bits per heavy atom. The smallest absolute Gasteiger partial charge is 0.216 e. The highest BCUT2D eigenvalue weighted by molar-refractivity contribution is 5.72. The molecule has 0 saturated carbocycles. The van der Waals surface area contributed by atoms with Crippen LogP contribution in [0.1, 0.15) is 26.7 Å². The second-order valence-electron chi connectivity index (χ2n) is 4.05. The van der Waals surface area contributed by atoms with Crippen LogP contribution in [0.15, 0.2) is 0 Å². The summed E-state index contributed by atoms with van der Waals surface area (Å²) in [5.74, 6) is 0.680. The summed E-state index contributed by atoms with van der Waals surface area (Å²) in [4.78, 5) is 10.6. The average molecular weight is 214 g/mol. The molecule has 1 heterocycles. The zero-order valence-electron chi connectivity index (χ0n) is 9.71. The summed E-state index contributed by atoms with van der Waals surface area (Å²) in [7, 11) is 0. The van der Waals surface area contributed by atoms with E-state index in [9.17, 15) is 4.79 Å². The van der Waals surface area contributed by atoms with Gasteiger partial charge in [0.15, 0.2) is 0 Å². The fourth-order valence-corrected chi connectivity index (χ4v) is 1.99. The van der Waals surface area contributed by atoms with Gasteiger partial charge in [-0.25, -0.2) is 0 Å². The molecule has 1 aliphatic rings. The van der Waals surface area contributed by atoms with Gasteiger partial charge in [-0.05, 0) is 18.8 Å². The lowest BCUT2D eigenvalue weighted by Crippen LogP contribution is -2.34. The molecule has 0 aromatic rings. The van der Waals surface area contributed by atoms with Crippen LogP contribution >= 0.6 is 0 Å². The van der Waals surface area contributed by atoms with Gasteiger partial charge < -0.3 is 15.4 Å². The van der Waals surface area contributed by atoms with Gasteiger partial charge in [0, 0.05) is 33.2 Å². The SMILES string of the molecule is CCC1OCCC1CNCCNC(C)=O. The van der Waals surface area contributed by atoms with Crippen molar-refractivity contribution in [3.63, 3.8) is 0 Å². The molecule has 2 N–H and O–H groups in total. The molecule has 0 aromatic carbocycles. The third-order valence-electron chi connectivity index (χ3n) is 2.83. The first-order valence-electron chi connectivity index (χ1n) is 5.80. The molecule has 2 atom stereocenters. The molecule has 0 aromatic heterocycles. The van der Waals surface area contributed by atoms with Gasteiger partial charge in [-0.2, -0.15) is 0 Å². The van der Waals surface area contributed by atoms with Crippen LogP contribution in [-0.2, 0) is 9.53 Å². The zero-order chi connectivity index (χ0) is 11.1. The van der Waals surface area contributed by atoms with Crippen LogP contribution < -0.4 is 10.6 Å². The van der Waals surface area contributed by atoms with Crippen molar-refractivity contribution in [2.75, 3.05) is 26.2 Å². The number of rotatable bonds is 6. The molecule has 4 nitrogen and oxygen atoms in total. The predicted octanol–water partition coefficient (Wildman–Crippen LogP) is 0.527. The number of ether oxygens (including phenoxy) is 1. The van der Waals surface area contributed by atoms with Crippen molar-refractivity contribution in [1.82, 2.24) is 10.6 Å². The minimum Gasteiger partial charge on any atom is -0.378 e. The van der Waals surface area contributed by atoms with Gasteiger partial charge in [-0.15, -0.1) is 0 Å². The summed E-state index contributed by atoms with van der Waals surface area (Å²) in [5.41, 5.74) is 0. The first-order chi connectivity index (χ1) is 7.24. The van der Waals surface area contributed by atoms with E-state index in [0.717, 1.165) is 32.5 Å². The van der Waals surface area contributed by atoms with Crippen LogP contribution in [0.2, 0.25) is 0 Å². The molecule has 88 valence electrons. The molecule has 15 heavy (non-hydrogen) atoms. The van der Waals surface area contributed by atoms with E-state index in [1.54, 1.807) is 0 Å². The lowest BCUT2D eigenvalue weighted by molar-refractivity contribution is -0.118. The van der Waals surface area contributed by atoms with E-state index in [1.165, 1.54) is 6.92 Å². The van der Waals surface area contributed by atoms with Crippen molar-refractivity contribution >= 4 is 5.91 Å². The standard InChI is InChI=1S/C11H22N2O2/c1-3-11-10(4-7-15-11)8-12-5-6-13-9(2)14/h10-12H,3-8H2,1-2H3,(H,13,14). The Balaban J connectivity index is 2.02. The minimum absolute atomic E-state index is 0.0347. The van der Waals surface area contributed by atoms with Crippen LogP contribution in [0.4, 0.5) is 0 Å². The van der Waals surface area contributed by atoms with Crippen LogP contribution in [0.5, 0.6) is 0 Å². The highest BCUT2D eigenvalue weighted by Gasteiger charge is 2.25. The molecular formula is C11H22N2O2. The van der Waals surface area contributed by atoms with Crippen LogP contribution in [0, 0.1) is 5.92 Å². The van der Waals surface area contributed by atoms with E-state index in [2.05, 4.69) is 17.6 Å². The number of carbonyl (C=O) groups excluding carboxylic acids is 1. The monoisotopic (exact) mass is 214 g/mol. The number of hydrogen-bond donors (Lipinski definition) is 2. The fraction of sp³-hybridized carbons (Fsp3) is 0.909. The average Bonchev–Trinajstić information content (AvgIpc) is 2.64. The highest BCUT2D eigenvalue weighted by Crippen LogP contribution is 2.22. The molecule has 4 heteroatoms. The molecular weight excluding hydrogens is 192 g/mol. The lowest BCUT2D eigenvalue weighted by atomic mass is 10.00. The summed E-state index contributed by atoms with van der Waals surface area (Å²) >= 11 is 0. The summed E-state index contributed by atoms with van der Waals surface area (Å²) in [6.45, 7) is 7.15. The fourth-order valence-electron chi connectivity index (χ4n) is 1.99. The van der Waals surface area contributed by atoms with E-state index in [-0.39, 0.29) is 5.91 Å². The Hall–Kier alpha value is -0.610. The van der Waals surface area contributed by atoms with Gasteiger partial charge in [0.05, 0.1) is 6.10 Å². The molecule has 1 rings (SSSR count). The predicted molar refractivity (Wildman–Crippen MR) is 59.7 cm³/mol. The van der Waals surface area contributed by atoms with Gasteiger partial charge >= 0.3 is 0 Å². The lowest BCUT2D eigenvalue weighted by Gasteiger charge is -2.17. The van der Waals surface area contributed by atoms with Crippen molar-refractivity contribution in [3.8, 4) is 0 Å². The summed E-state index contributed by atoms with van der Waals surface area (Å²) in [5, 5.41) is 6.12. The van der Waals surface area contributed by atoms with E-state index < -0.39 is 0 Å². The van der Waals surface area contributed by atoms with E-state index in [1.807, 2.05) is 0 Å². The number of amides is 1. The van der Waals surface area contributed by atoms with Gasteiger partial charge in [-0.1, -0.05) is 6.92 Å². The summed E-state index contributed by atoms with van der Waals surface area (Å²) < 4.78 is 5.60. The van der Waals surface area contributed by atoms with Crippen molar-refractivity contribution in [1.29, 1.82) is 0 Å². The second kappa shape index (κ2) is 6.80. The maximum Gasteiger partial charge on any atom is 0.216 e. The molecule has 0 radical (unpaired) electrons. The first kappa shape index (κ1) is 12.5. The van der Waals surface area contributed by atoms with Gasteiger partial charge in [0.25, 0.3) is 0 Å². The molecule has 1 fully saturated rings. The molecule has 2 unspecified atom stereocenters. The van der Waals surface area contributed by atoms with E-state index in [0.29, 0.717) is 18.6 Å². The van der Waals surface area contributed by atoms with Gasteiger partial charge in [0.1, 0.15) is 0 Å². The molecule has 0 aliphatic carbocycles. The highest BCUT2D eigenvalue weighted by atomic mass is 16.5. The maximum atomic E-state index is 10.6. The Labute approximate surface area is 91.8 Å². The van der Waals surface area contributed by atoms with Crippen LogP contribution in [-0.4, -0.2) is 38.3 Å². The first-order valence-corrected chi connectivity index (χ1v) is 5.80. The van der Waals surface area contributed by atoms with Gasteiger partial charge in [-0.3, -0.25) is 4.79 Å². The van der Waals surface area contributed by atoms with Crippen molar-refractivity contribution in [3.05, 3.63) is 0 Å². The van der Waals surface area contributed by atoms with E-state index in [4.69, 9.17) is 4.74 Å². The molecule has 1 saturated heterocycles. The largest absolute Gasteiger partial charge is 0.378 e. The Bertz CT molecular complexity index is 197. The summed E-state index contributed by atoms with van der Waals surface area (Å²) in [6.07, 6.45) is 2.68. The summed E-state index contributed by atoms with van der Waals surface area (Å²) in [6, 6.07) is 0. The quantitative estimate of drug-likeness (QED) is 0.634. The molecule has 1 aliphatic heterocycles. The third kappa shape index (κ3) is 4.62. The number of carbonyl (C=O) groups is 1. The van der Waals surface area contributed by atoms with Crippen LogP contribution in [0.25, 0.3) is 0 Å². The van der Waals surface area contributed by atoms with Gasteiger partial charge in [0.2, 0.25) is 5.91 Å². The third-order valence-corrected chi connectivity index (χ3v) is 2.83. The zero-order valence-corrected chi connectivity index (χ0v) is 9.71. The van der Waals surface area contributed by atoms with Crippen molar-refractivity contribution in [2.24, 2.45) is 5.92 Å².